The molecule has 6 nitrogen and oxygen atoms in total. The largest absolute Gasteiger partial charge is 0.497 e. The van der Waals surface area contributed by atoms with E-state index in [1.54, 1.807) is 55.5 Å². The highest BCUT2D eigenvalue weighted by molar-refractivity contribution is 7.92. The molecule has 0 aliphatic rings. The summed E-state index contributed by atoms with van der Waals surface area (Å²) in [6, 6.07) is 13.0. The summed E-state index contributed by atoms with van der Waals surface area (Å²) in [4.78, 5) is 14.6. The molecule has 0 N–H and O–H groups in total. The van der Waals surface area contributed by atoms with E-state index in [4.69, 9.17) is 4.74 Å². The van der Waals surface area contributed by atoms with Crippen molar-refractivity contribution < 1.29 is 17.9 Å². The van der Waals surface area contributed by atoms with E-state index in [0.717, 1.165) is 6.42 Å². The molecule has 0 aliphatic carbocycles. The summed E-state index contributed by atoms with van der Waals surface area (Å²) < 4.78 is 32.5. The molecule has 0 bridgehead atoms. The van der Waals surface area contributed by atoms with Gasteiger partial charge in [-0.15, -0.1) is 0 Å². The molecule has 0 spiro atoms. The quantitative estimate of drug-likeness (QED) is 0.649. The van der Waals surface area contributed by atoms with Crippen molar-refractivity contribution in [1.29, 1.82) is 0 Å². The first kappa shape index (κ1) is 22.7. The number of hydrogen-bond donors (Lipinski definition) is 0. The summed E-state index contributed by atoms with van der Waals surface area (Å²) in [6.45, 7) is 6.21. The van der Waals surface area contributed by atoms with Crippen molar-refractivity contribution in [1.82, 2.24) is 4.90 Å². The lowest BCUT2D eigenvalue weighted by atomic mass is 10.0. The normalized spacial score (nSPS) is 12.5. The van der Waals surface area contributed by atoms with E-state index in [1.807, 2.05) is 6.92 Å². The molecular formula is C22H30N2O4S. The molecule has 1 unspecified atom stereocenters. The first-order chi connectivity index (χ1) is 13.6. The Labute approximate surface area is 174 Å². The first-order valence-electron chi connectivity index (χ1n) is 9.58. The van der Waals surface area contributed by atoms with E-state index in [2.05, 4.69) is 13.8 Å². The van der Waals surface area contributed by atoms with Crippen LogP contribution in [0.15, 0.2) is 53.4 Å². The van der Waals surface area contributed by atoms with Crippen LogP contribution in [0.5, 0.6) is 5.75 Å². The van der Waals surface area contributed by atoms with E-state index in [9.17, 15) is 13.2 Å². The molecule has 0 saturated heterocycles. The number of hydrogen-bond acceptors (Lipinski definition) is 4. The van der Waals surface area contributed by atoms with Crippen molar-refractivity contribution >= 4 is 21.6 Å². The third kappa shape index (κ3) is 5.29. The number of carbonyl (C=O) groups is 1. The number of nitrogens with zero attached hydrogens (tertiary/aromatic N) is 2. The Hall–Kier alpha value is -2.54. The maximum atomic E-state index is 13.1. The van der Waals surface area contributed by atoms with Gasteiger partial charge in [-0.2, -0.15) is 0 Å². The molecule has 7 heteroatoms. The van der Waals surface area contributed by atoms with E-state index in [-0.39, 0.29) is 16.8 Å². The number of ether oxygens (including phenoxy) is 1. The molecule has 29 heavy (non-hydrogen) atoms. The summed E-state index contributed by atoms with van der Waals surface area (Å²) in [5.74, 6) is 0.915. The zero-order chi connectivity index (χ0) is 21.8. The Morgan fingerprint density at radius 2 is 1.66 bits per heavy atom. The van der Waals surface area contributed by atoms with Crippen LogP contribution >= 0.6 is 0 Å². The van der Waals surface area contributed by atoms with Crippen molar-refractivity contribution in [2.24, 2.45) is 5.92 Å². The molecule has 0 radical (unpaired) electrons. The zero-order valence-corrected chi connectivity index (χ0v) is 18.7. The lowest BCUT2D eigenvalue weighted by molar-refractivity contribution is 0.0728. The highest BCUT2D eigenvalue weighted by Gasteiger charge is 2.24. The minimum Gasteiger partial charge on any atom is -0.497 e. The highest BCUT2D eigenvalue weighted by atomic mass is 32.2. The molecule has 0 aliphatic heterocycles. The summed E-state index contributed by atoms with van der Waals surface area (Å²) in [5, 5.41) is 0. The third-order valence-corrected chi connectivity index (χ3v) is 6.75. The summed E-state index contributed by atoms with van der Waals surface area (Å²) in [6.07, 6.45) is 0.875. The standard InChI is InChI=1S/C22H30N2O4S/c1-16(2)14-17(3)23(4)22(25)18-8-7-9-21(15-18)29(26,27)24(5)19-10-12-20(28-6)13-11-19/h7-13,15-17H,14H2,1-6H3. The van der Waals surface area contributed by atoms with Crippen LogP contribution in [0.2, 0.25) is 0 Å². The monoisotopic (exact) mass is 418 g/mol. The van der Waals surface area contributed by atoms with Crippen molar-refractivity contribution in [3.05, 3.63) is 54.1 Å². The van der Waals surface area contributed by atoms with Crippen LogP contribution in [0.4, 0.5) is 5.69 Å². The molecule has 0 saturated carbocycles. The fourth-order valence-electron chi connectivity index (χ4n) is 3.12. The molecule has 2 aromatic carbocycles. The minimum atomic E-state index is -3.81. The molecule has 0 heterocycles. The van der Waals surface area contributed by atoms with E-state index >= 15 is 0 Å². The van der Waals surface area contributed by atoms with Gasteiger partial charge in [0.25, 0.3) is 15.9 Å². The predicted molar refractivity (Wildman–Crippen MR) is 116 cm³/mol. The topological polar surface area (TPSA) is 66.9 Å². The third-order valence-electron chi connectivity index (χ3n) is 4.97. The Kier molecular flexibility index (Phi) is 7.30. The van der Waals surface area contributed by atoms with Crippen molar-refractivity contribution in [2.45, 2.75) is 38.1 Å². The average Bonchev–Trinajstić information content (AvgIpc) is 2.71. The van der Waals surface area contributed by atoms with E-state index in [1.165, 1.54) is 23.5 Å². The Morgan fingerprint density at radius 1 is 1.03 bits per heavy atom. The molecular weight excluding hydrogens is 388 g/mol. The van der Waals surface area contributed by atoms with Crippen molar-refractivity contribution in [2.75, 3.05) is 25.5 Å². The number of rotatable bonds is 8. The van der Waals surface area contributed by atoms with Gasteiger partial charge >= 0.3 is 0 Å². The molecule has 1 atom stereocenters. The number of carbonyl (C=O) groups excluding carboxylic acids is 1. The SMILES string of the molecule is COc1ccc(N(C)S(=O)(=O)c2cccc(C(=O)N(C)C(C)CC(C)C)c2)cc1. The Morgan fingerprint density at radius 3 is 2.21 bits per heavy atom. The van der Waals surface area contributed by atoms with Gasteiger partial charge in [0.05, 0.1) is 17.7 Å². The number of benzene rings is 2. The Balaban J connectivity index is 2.29. The van der Waals surface area contributed by atoms with Gasteiger partial charge in [0.1, 0.15) is 5.75 Å². The van der Waals surface area contributed by atoms with Gasteiger partial charge in [-0.3, -0.25) is 9.10 Å². The molecule has 158 valence electrons. The second-order valence-electron chi connectivity index (χ2n) is 7.59. The van der Waals surface area contributed by atoms with Crippen LogP contribution < -0.4 is 9.04 Å². The fourth-order valence-corrected chi connectivity index (χ4v) is 4.36. The number of anilines is 1. The summed E-state index contributed by atoms with van der Waals surface area (Å²) in [5.41, 5.74) is 0.859. The fraction of sp³-hybridized carbons (Fsp3) is 0.409. The number of sulfonamides is 1. The van der Waals surface area contributed by atoms with Gasteiger partial charge in [-0.05, 0) is 61.7 Å². The first-order valence-corrected chi connectivity index (χ1v) is 11.0. The lowest BCUT2D eigenvalue weighted by Gasteiger charge is -2.26. The smallest absolute Gasteiger partial charge is 0.264 e. The van der Waals surface area contributed by atoms with Crippen molar-refractivity contribution in [3.63, 3.8) is 0 Å². The van der Waals surface area contributed by atoms with E-state index < -0.39 is 10.0 Å². The van der Waals surface area contributed by atoms with Gasteiger partial charge < -0.3 is 9.64 Å². The van der Waals surface area contributed by atoms with Crippen LogP contribution in [0.25, 0.3) is 0 Å². The molecule has 2 rings (SSSR count). The Bertz CT molecular complexity index is 940. The maximum Gasteiger partial charge on any atom is 0.264 e. The van der Waals surface area contributed by atoms with Crippen LogP contribution in [0, 0.1) is 5.92 Å². The van der Waals surface area contributed by atoms with Gasteiger partial charge in [0.2, 0.25) is 0 Å². The van der Waals surface area contributed by atoms with Crippen LogP contribution in [-0.4, -0.2) is 46.5 Å². The molecule has 0 aromatic heterocycles. The molecule has 2 aromatic rings. The second-order valence-corrected chi connectivity index (χ2v) is 9.56. The number of methoxy groups -OCH3 is 1. The van der Waals surface area contributed by atoms with Crippen LogP contribution in [0.1, 0.15) is 37.6 Å². The van der Waals surface area contributed by atoms with Gasteiger partial charge in [0.15, 0.2) is 0 Å². The van der Waals surface area contributed by atoms with Gasteiger partial charge in [0, 0.05) is 25.7 Å². The number of amides is 1. The molecule has 0 fully saturated rings. The lowest BCUT2D eigenvalue weighted by Crippen LogP contribution is -2.36. The zero-order valence-electron chi connectivity index (χ0n) is 17.9. The molecule has 1 amide bonds. The van der Waals surface area contributed by atoms with Crippen LogP contribution in [0.3, 0.4) is 0 Å². The maximum absolute atomic E-state index is 13.1. The average molecular weight is 419 g/mol. The summed E-state index contributed by atoms with van der Waals surface area (Å²) in [7, 11) is 0.980. The van der Waals surface area contributed by atoms with Gasteiger partial charge in [-0.1, -0.05) is 19.9 Å². The van der Waals surface area contributed by atoms with Crippen LogP contribution in [-0.2, 0) is 10.0 Å². The summed E-state index contributed by atoms with van der Waals surface area (Å²) >= 11 is 0. The predicted octanol–water partition coefficient (Wildman–Crippen LogP) is 4.03. The van der Waals surface area contributed by atoms with E-state index in [0.29, 0.717) is 22.9 Å². The second kappa shape index (κ2) is 9.31. The minimum absolute atomic E-state index is 0.0599. The highest BCUT2D eigenvalue weighted by Crippen LogP contribution is 2.25. The van der Waals surface area contributed by atoms with Crippen molar-refractivity contribution in [3.8, 4) is 5.75 Å². The van der Waals surface area contributed by atoms with Gasteiger partial charge in [-0.25, -0.2) is 8.42 Å².